The Labute approximate surface area is 120 Å². The van der Waals surface area contributed by atoms with E-state index in [-0.39, 0.29) is 12.2 Å². The van der Waals surface area contributed by atoms with Gasteiger partial charge in [-0.2, -0.15) is 0 Å². The smallest absolute Gasteiger partial charge is 0.125 e. The molecule has 2 aliphatic rings. The first-order valence-corrected chi connectivity index (χ1v) is 7.37. The van der Waals surface area contributed by atoms with Gasteiger partial charge in [0.05, 0.1) is 13.2 Å². The van der Waals surface area contributed by atoms with Crippen molar-refractivity contribution in [2.45, 2.75) is 44.4 Å². The van der Waals surface area contributed by atoms with Gasteiger partial charge < -0.3 is 19.5 Å². The predicted octanol–water partition coefficient (Wildman–Crippen LogP) is 2.46. The van der Waals surface area contributed by atoms with Crippen LogP contribution in [-0.4, -0.2) is 32.9 Å². The van der Waals surface area contributed by atoms with Gasteiger partial charge >= 0.3 is 0 Å². The summed E-state index contributed by atoms with van der Waals surface area (Å²) in [7, 11) is 3.74. The maximum atomic E-state index is 5.95. The molecule has 0 bridgehead atoms. The van der Waals surface area contributed by atoms with Gasteiger partial charge in [-0.15, -0.1) is 0 Å². The van der Waals surface area contributed by atoms with Gasteiger partial charge in [0.1, 0.15) is 17.6 Å². The summed E-state index contributed by atoms with van der Waals surface area (Å²) < 4.78 is 17.4. The summed E-state index contributed by atoms with van der Waals surface area (Å²) in [5, 5.41) is 3.35. The third kappa shape index (κ3) is 2.50. The lowest BCUT2D eigenvalue weighted by Crippen LogP contribution is -2.33. The molecule has 4 heteroatoms. The van der Waals surface area contributed by atoms with E-state index in [0.717, 1.165) is 42.9 Å². The van der Waals surface area contributed by atoms with Gasteiger partial charge in [-0.3, -0.25) is 0 Å². The van der Waals surface area contributed by atoms with Crippen molar-refractivity contribution in [2.75, 3.05) is 20.8 Å². The zero-order chi connectivity index (χ0) is 14.1. The summed E-state index contributed by atoms with van der Waals surface area (Å²) >= 11 is 0. The minimum Gasteiger partial charge on any atom is -0.496 e. The number of hydrogen-bond donors (Lipinski definition) is 1. The van der Waals surface area contributed by atoms with E-state index in [0.29, 0.717) is 6.04 Å². The van der Waals surface area contributed by atoms with Crippen molar-refractivity contribution in [3.8, 4) is 11.5 Å². The topological polar surface area (TPSA) is 39.7 Å². The Morgan fingerprint density at radius 1 is 1.35 bits per heavy atom. The molecule has 2 aliphatic heterocycles. The highest BCUT2D eigenvalue weighted by Gasteiger charge is 2.28. The van der Waals surface area contributed by atoms with Crippen LogP contribution in [-0.2, 0) is 11.2 Å². The molecule has 1 N–H and O–H groups in total. The van der Waals surface area contributed by atoms with E-state index in [9.17, 15) is 0 Å². The average Bonchev–Trinajstić information content (AvgIpc) is 2.84. The first-order chi connectivity index (χ1) is 9.71. The Morgan fingerprint density at radius 3 is 2.95 bits per heavy atom. The summed E-state index contributed by atoms with van der Waals surface area (Å²) in [5.41, 5.74) is 2.35. The third-order valence-corrected chi connectivity index (χ3v) is 4.29. The molecule has 1 aromatic rings. The first-order valence-electron chi connectivity index (χ1n) is 7.37. The molecular formula is C16H23NO3. The zero-order valence-electron chi connectivity index (χ0n) is 12.4. The standard InChI is InChI=1S/C16H23NO3/c1-10-6-11-7-15(18-3)13(9-14(11)20-10)16-8-12(17-2)4-5-19-16/h7,9-10,12,16-17H,4-6,8H2,1-3H3. The molecule has 1 saturated heterocycles. The minimum absolute atomic E-state index is 0.0842. The summed E-state index contributed by atoms with van der Waals surface area (Å²) in [6.45, 7) is 2.88. The van der Waals surface area contributed by atoms with Gasteiger partial charge in [-0.1, -0.05) is 0 Å². The van der Waals surface area contributed by atoms with Gasteiger partial charge in [0.25, 0.3) is 0 Å². The van der Waals surface area contributed by atoms with Crippen LogP contribution < -0.4 is 14.8 Å². The zero-order valence-corrected chi connectivity index (χ0v) is 12.4. The van der Waals surface area contributed by atoms with Crippen molar-refractivity contribution in [3.05, 3.63) is 23.3 Å². The molecule has 0 radical (unpaired) electrons. The van der Waals surface area contributed by atoms with Gasteiger partial charge in [0.2, 0.25) is 0 Å². The summed E-state index contributed by atoms with van der Waals surface area (Å²) in [4.78, 5) is 0. The Bertz CT molecular complexity index is 489. The minimum atomic E-state index is 0.0842. The maximum absolute atomic E-state index is 5.95. The van der Waals surface area contributed by atoms with Crippen molar-refractivity contribution >= 4 is 0 Å². The molecule has 0 aliphatic carbocycles. The molecule has 0 amide bonds. The van der Waals surface area contributed by atoms with E-state index >= 15 is 0 Å². The van der Waals surface area contributed by atoms with Crippen LogP contribution in [0.2, 0.25) is 0 Å². The fourth-order valence-corrected chi connectivity index (χ4v) is 3.16. The average molecular weight is 277 g/mol. The van der Waals surface area contributed by atoms with Gasteiger partial charge in [-0.05, 0) is 38.9 Å². The van der Waals surface area contributed by atoms with Crippen LogP contribution in [0.25, 0.3) is 0 Å². The van der Waals surface area contributed by atoms with Crippen molar-refractivity contribution in [1.82, 2.24) is 5.32 Å². The number of rotatable bonds is 3. The van der Waals surface area contributed by atoms with Gasteiger partial charge in [0.15, 0.2) is 0 Å². The van der Waals surface area contributed by atoms with Crippen molar-refractivity contribution in [2.24, 2.45) is 0 Å². The number of methoxy groups -OCH3 is 1. The van der Waals surface area contributed by atoms with Crippen LogP contribution in [0, 0.1) is 0 Å². The van der Waals surface area contributed by atoms with E-state index in [1.807, 2.05) is 7.05 Å². The fraction of sp³-hybridized carbons (Fsp3) is 0.625. The predicted molar refractivity (Wildman–Crippen MR) is 77.6 cm³/mol. The van der Waals surface area contributed by atoms with E-state index < -0.39 is 0 Å². The number of ether oxygens (including phenoxy) is 3. The van der Waals surface area contributed by atoms with Crippen LogP contribution in [0.4, 0.5) is 0 Å². The summed E-state index contributed by atoms with van der Waals surface area (Å²) in [6.07, 6.45) is 3.33. The van der Waals surface area contributed by atoms with E-state index in [1.54, 1.807) is 7.11 Å². The molecule has 20 heavy (non-hydrogen) atoms. The molecule has 3 unspecified atom stereocenters. The molecule has 4 nitrogen and oxygen atoms in total. The maximum Gasteiger partial charge on any atom is 0.125 e. The van der Waals surface area contributed by atoms with Crippen LogP contribution >= 0.6 is 0 Å². The fourth-order valence-electron chi connectivity index (χ4n) is 3.16. The first kappa shape index (κ1) is 13.7. The molecule has 1 aromatic carbocycles. The van der Waals surface area contributed by atoms with Crippen molar-refractivity contribution < 1.29 is 14.2 Å². The highest BCUT2D eigenvalue weighted by Crippen LogP contribution is 2.40. The monoisotopic (exact) mass is 277 g/mol. The number of nitrogens with one attached hydrogen (secondary N) is 1. The normalized spacial score (nSPS) is 28.9. The highest BCUT2D eigenvalue weighted by molar-refractivity contribution is 5.49. The number of hydrogen-bond acceptors (Lipinski definition) is 4. The Hall–Kier alpha value is -1.26. The van der Waals surface area contributed by atoms with E-state index in [4.69, 9.17) is 14.2 Å². The van der Waals surface area contributed by atoms with E-state index in [2.05, 4.69) is 24.4 Å². The Morgan fingerprint density at radius 2 is 2.20 bits per heavy atom. The molecule has 3 rings (SSSR count). The van der Waals surface area contributed by atoms with Crippen LogP contribution in [0.15, 0.2) is 12.1 Å². The Balaban J connectivity index is 1.90. The SMILES string of the molecule is CNC1CCOC(c2cc3c(cc2OC)CC(C)O3)C1. The summed E-state index contributed by atoms with van der Waals surface area (Å²) in [5.74, 6) is 1.91. The lowest BCUT2D eigenvalue weighted by Gasteiger charge is -2.30. The highest BCUT2D eigenvalue weighted by atomic mass is 16.5. The van der Waals surface area contributed by atoms with Crippen LogP contribution in [0.1, 0.15) is 37.0 Å². The Kier molecular flexibility index (Phi) is 3.85. The van der Waals surface area contributed by atoms with Crippen LogP contribution in [0.5, 0.6) is 11.5 Å². The molecule has 2 heterocycles. The summed E-state index contributed by atoms with van der Waals surface area (Å²) in [6, 6.07) is 4.73. The van der Waals surface area contributed by atoms with Crippen LogP contribution in [0.3, 0.4) is 0 Å². The third-order valence-electron chi connectivity index (χ3n) is 4.29. The largest absolute Gasteiger partial charge is 0.496 e. The lowest BCUT2D eigenvalue weighted by atomic mass is 9.95. The van der Waals surface area contributed by atoms with Gasteiger partial charge in [-0.25, -0.2) is 0 Å². The lowest BCUT2D eigenvalue weighted by molar-refractivity contribution is 0.000197. The molecular weight excluding hydrogens is 254 g/mol. The molecule has 0 aromatic heterocycles. The second-order valence-corrected chi connectivity index (χ2v) is 5.70. The molecule has 110 valence electrons. The van der Waals surface area contributed by atoms with Crippen molar-refractivity contribution in [1.29, 1.82) is 0 Å². The number of fused-ring (bicyclic) bond motifs is 1. The number of benzene rings is 1. The molecule has 0 spiro atoms. The van der Waals surface area contributed by atoms with Crippen molar-refractivity contribution in [3.63, 3.8) is 0 Å². The molecule has 3 atom stereocenters. The molecule has 1 fully saturated rings. The second-order valence-electron chi connectivity index (χ2n) is 5.70. The van der Waals surface area contributed by atoms with Gasteiger partial charge in [0, 0.05) is 30.2 Å². The molecule has 0 saturated carbocycles. The second kappa shape index (κ2) is 5.62. The van der Waals surface area contributed by atoms with E-state index in [1.165, 1.54) is 5.56 Å². The quantitative estimate of drug-likeness (QED) is 0.921.